The molecule has 1 unspecified atom stereocenters. The van der Waals surface area contributed by atoms with Gasteiger partial charge in [-0.05, 0) is 89.0 Å². The van der Waals surface area contributed by atoms with Gasteiger partial charge in [-0.15, -0.1) is 13.2 Å². The van der Waals surface area contributed by atoms with E-state index in [4.69, 9.17) is 19.9 Å². The van der Waals surface area contributed by atoms with E-state index >= 15 is 0 Å². The first-order valence-corrected chi connectivity index (χ1v) is 19.8. The van der Waals surface area contributed by atoms with Gasteiger partial charge in [0.2, 0.25) is 17.7 Å². The normalized spacial score (nSPS) is 12.5. The highest BCUT2D eigenvalue weighted by molar-refractivity contribution is 6.11. The molecular weight excluding hydrogens is 745 g/mol. The fraction of sp³-hybridized carbons (Fsp3) is 0.292. The number of benzene rings is 5. The average molecular weight is 799 g/mol. The molecule has 0 bridgehead atoms. The second-order valence-electron chi connectivity index (χ2n) is 14.3. The molecule has 5 rings (SSSR count). The predicted octanol–water partition coefficient (Wildman–Crippen LogP) is 6.87. The molecule has 0 radical (unpaired) electrons. The van der Waals surface area contributed by atoms with Crippen molar-refractivity contribution < 1.29 is 33.4 Å². The first kappa shape index (κ1) is 43.7. The quantitative estimate of drug-likeness (QED) is 0.0356. The molecule has 5 aromatic rings. The van der Waals surface area contributed by atoms with Crippen LogP contribution < -0.4 is 31.2 Å². The molecule has 0 saturated heterocycles. The van der Waals surface area contributed by atoms with Gasteiger partial charge in [-0.2, -0.15) is 0 Å². The summed E-state index contributed by atoms with van der Waals surface area (Å²) >= 11 is 0. The second-order valence-corrected chi connectivity index (χ2v) is 14.3. The minimum absolute atomic E-state index is 0.0149. The highest BCUT2D eigenvalue weighted by Crippen LogP contribution is 2.48. The molecule has 308 valence electrons. The zero-order chi connectivity index (χ0) is 42.3. The van der Waals surface area contributed by atoms with Gasteiger partial charge in [0.1, 0.15) is 36.2 Å². The van der Waals surface area contributed by atoms with Crippen molar-refractivity contribution >= 4 is 45.2 Å². The van der Waals surface area contributed by atoms with E-state index in [1.807, 2.05) is 91.0 Å². The third-order valence-electron chi connectivity index (χ3n) is 10.1. The van der Waals surface area contributed by atoms with Crippen LogP contribution in [0.3, 0.4) is 0 Å². The molecule has 0 aromatic heterocycles. The molecule has 0 fully saturated rings. The average Bonchev–Trinajstić information content (AvgIpc) is 3.24. The molecule has 0 heterocycles. The molecule has 3 atom stereocenters. The Labute approximate surface area is 346 Å². The molecule has 3 amide bonds. The van der Waals surface area contributed by atoms with Crippen LogP contribution in [0.4, 0.5) is 0 Å². The van der Waals surface area contributed by atoms with Crippen LogP contribution >= 0.6 is 0 Å². The molecule has 11 heteroatoms. The topological polar surface area (TPSA) is 158 Å². The Balaban J connectivity index is 1.52. The van der Waals surface area contributed by atoms with Gasteiger partial charge in [0.25, 0.3) is 0 Å². The largest absolute Gasteiger partial charge is 0.496 e. The monoisotopic (exact) mass is 798 g/mol. The molecule has 11 nitrogen and oxygen atoms in total. The number of carbonyl (C=O) groups excluding carboxylic acids is 4. The van der Waals surface area contributed by atoms with Gasteiger partial charge in [0.05, 0.1) is 14.2 Å². The third kappa shape index (κ3) is 10.9. The Morgan fingerprint density at radius 1 is 0.695 bits per heavy atom. The fourth-order valence-corrected chi connectivity index (χ4v) is 7.39. The first-order valence-electron chi connectivity index (χ1n) is 19.8. The number of esters is 1. The minimum Gasteiger partial charge on any atom is -0.496 e. The summed E-state index contributed by atoms with van der Waals surface area (Å²) in [5.41, 5.74) is 9.77. The maximum absolute atomic E-state index is 14.3. The molecule has 0 spiro atoms. The zero-order valence-electron chi connectivity index (χ0n) is 34.1. The second kappa shape index (κ2) is 21.3. The van der Waals surface area contributed by atoms with E-state index in [-0.39, 0.29) is 25.9 Å². The molecular formula is C48H54N4O7. The van der Waals surface area contributed by atoms with Gasteiger partial charge in [-0.25, -0.2) is 4.79 Å². The predicted molar refractivity (Wildman–Crippen MR) is 233 cm³/mol. The zero-order valence-corrected chi connectivity index (χ0v) is 34.1. The number of fused-ring (bicyclic) bond motifs is 2. The summed E-state index contributed by atoms with van der Waals surface area (Å²) in [6.45, 7) is 9.47. The minimum atomic E-state index is -1.12. The number of unbranched alkanes of at least 4 members (excludes halogenated alkanes) is 1. The van der Waals surface area contributed by atoms with Gasteiger partial charge in [0.15, 0.2) is 0 Å². The molecule has 59 heavy (non-hydrogen) atoms. The molecule has 0 aliphatic heterocycles. The fourth-order valence-electron chi connectivity index (χ4n) is 7.39. The van der Waals surface area contributed by atoms with E-state index in [0.29, 0.717) is 42.9 Å². The molecule has 5 aromatic carbocycles. The van der Waals surface area contributed by atoms with Crippen molar-refractivity contribution in [3.05, 3.63) is 133 Å². The number of methoxy groups -OCH3 is 2. The van der Waals surface area contributed by atoms with Gasteiger partial charge >= 0.3 is 5.97 Å². The number of nitrogens with one attached hydrogen (secondary N) is 3. The maximum Gasteiger partial charge on any atom is 0.329 e. The summed E-state index contributed by atoms with van der Waals surface area (Å²) < 4.78 is 17.9. The first-order chi connectivity index (χ1) is 28.6. The number of hydrogen-bond acceptors (Lipinski definition) is 8. The smallest absolute Gasteiger partial charge is 0.329 e. The van der Waals surface area contributed by atoms with Crippen molar-refractivity contribution in [2.45, 2.75) is 70.2 Å². The van der Waals surface area contributed by atoms with Gasteiger partial charge < -0.3 is 35.9 Å². The van der Waals surface area contributed by atoms with E-state index in [1.165, 1.54) is 13.0 Å². The van der Waals surface area contributed by atoms with Crippen LogP contribution in [0.25, 0.3) is 32.7 Å². The summed E-state index contributed by atoms with van der Waals surface area (Å²) in [6.07, 6.45) is 5.40. The Kier molecular flexibility index (Phi) is 15.8. The third-order valence-corrected chi connectivity index (χ3v) is 10.1. The van der Waals surface area contributed by atoms with E-state index < -0.39 is 41.8 Å². The van der Waals surface area contributed by atoms with Gasteiger partial charge in [0, 0.05) is 24.5 Å². The van der Waals surface area contributed by atoms with Crippen molar-refractivity contribution in [2.24, 2.45) is 5.73 Å². The number of carbonyl (C=O) groups is 4. The summed E-state index contributed by atoms with van der Waals surface area (Å²) in [6, 6.07) is 26.0. The van der Waals surface area contributed by atoms with Crippen molar-refractivity contribution in [3.63, 3.8) is 0 Å². The van der Waals surface area contributed by atoms with E-state index in [9.17, 15) is 19.2 Å². The number of nitrogens with two attached hydrogens (primary N) is 1. The Morgan fingerprint density at radius 3 is 1.83 bits per heavy atom. The van der Waals surface area contributed by atoms with Crippen molar-refractivity contribution in [1.82, 2.24) is 16.0 Å². The van der Waals surface area contributed by atoms with Gasteiger partial charge in [-0.3, -0.25) is 14.4 Å². The lowest BCUT2D eigenvalue weighted by Crippen LogP contribution is -2.56. The number of hydrogen-bond donors (Lipinski definition) is 4. The van der Waals surface area contributed by atoms with Crippen LogP contribution in [0.5, 0.6) is 11.5 Å². The number of rotatable bonds is 21. The molecule has 0 aliphatic carbocycles. The van der Waals surface area contributed by atoms with Crippen LogP contribution in [0.1, 0.15) is 49.3 Å². The standard InChI is InChI=1S/C48H54N4O7/c1-6-17-35-27-33-21-11-13-23-37(33)42(44(35)57-4)43-38-24-14-12-22-34(38)28-36(45(43)58-5)29-41(50-31(3)53)47(55)51-39(25-15-16-26-49)46(54)52-40(18-7-2)48(56)59-30-32-19-9-8-10-20-32/h6-14,19-24,27-28,39-41H,1-2,15-18,25-26,29-30,49H2,3-5H3,(H,50,53)(H,51,55)(H,52,54)/t39-,40-,41?/m1/s1. The van der Waals surface area contributed by atoms with Crippen molar-refractivity contribution in [1.29, 1.82) is 0 Å². The van der Waals surface area contributed by atoms with Crippen molar-refractivity contribution in [3.8, 4) is 22.6 Å². The summed E-state index contributed by atoms with van der Waals surface area (Å²) in [5.74, 6) is -1.07. The highest BCUT2D eigenvalue weighted by atomic mass is 16.5. The molecule has 0 saturated carbocycles. The van der Waals surface area contributed by atoms with Crippen LogP contribution in [0, 0.1) is 0 Å². The number of ether oxygens (including phenoxy) is 3. The van der Waals surface area contributed by atoms with Crippen LogP contribution in [-0.2, 0) is 43.4 Å². The summed E-state index contributed by atoms with van der Waals surface area (Å²) in [4.78, 5) is 54.1. The summed E-state index contributed by atoms with van der Waals surface area (Å²) in [5, 5.41) is 12.2. The lowest BCUT2D eigenvalue weighted by molar-refractivity contribution is -0.149. The number of allylic oxidation sites excluding steroid dienone is 1. The lowest BCUT2D eigenvalue weighted by Gasteiger charge is -2.26. The Bertz CT molecular complexity index is 2290. The van der Waals surface area contributed by atoms with Gasteiger partial charge in [-0.1, -0.05) is 91.0 Å². The molecule has 0 aliphatic rings. The summed E-state index contributed by atoms with van der Waals surface area (Å²) in [7, 11) is 3.22. The number of amides is 3. The highest BCUT2D eigenvalue weighted by Gasteiger charge is 2.31. The Morgan fingerprint density at radius 2 is 1.25 bits per heavy atom. The SMILES string of the molecule is C=CCc1cc2ccccc2c(-c2c(OC)c(CC(NC(C)=O)C(=O)N[C@H](CCCCN)C(=O)N[C@H](CC=C)C(=O)OCc3ccccc3)cc3ccccc23)c1OC. The van der Waals surface area contributed by atoms with E-state index in [2.05, 4.69) is 35.2 Å². The van der Waals surface area contributed by atoms with Crippen LogP contribution in [-0.4, -0.2) is 62.6 Å². The van der Waals surface area contributed by atoms with Crippen molar-refractivity contribution in [2.75, 3.05) is 20.8 Å². The Hall–Kier alpha value is -6.46. The van der Waals surface area contributed by atoms with Crippen LogP contribution in [0.2, 0.25) is 0 Å². The van der Waals surface area contributed by atoms with E-state index in [0.717, 1.165) is 43.8 Å². The lowest BCUT2D eigenvalue weighted by atomic mass is 9.87. The maximum atomic E-state index is 14.3. The molecule has 5 N–H and O–H groups in total. The van der Waals surface area contributed by atoms with E-state index in [1.54, 1.807) is 14.2 Å². The van der Waals surface area contributed by atoms with Crippen LogP contribution in [0.15, 0.2) is 116 Å².